The minimum absolute atomic E-state index is 0.0823. The van der Waals surface area contributed by atoms with Crippen LogP contribution in [-0.4, -0.2) is 26.9 Å². The third-order valence-electron chi connectivity index (χ3n) is 5.45. The molecule has 1 aliphatic heterocycles. The fraction of sp³-hybridized carbons (Fsp3) is 0.364. The summed E-state index contributed by atoms with van der Waals surface area (Å²) in [5.74, 6) is 1.25. The van der Waals surface area contributed by atoms with Crippen molar-refractivity contribution in [1.82, 2.24) is 14.5 Å². The van der Waals surface area contributed by atoms with E-state index in [9.17, 15) is 4.79 Å². The van der Waals surface area contributed by atoms with E-state index >= 15 is 0 Å². The highest BCUT2D eigenvalue weighted by Crippen LogP contribution is 2.34. The first-order chi connectivity index (χ1) is 12.7. The first-order valence-electron chi connectivity index (χ1n) is 9.48. The number of hydrogen-bond acceptors (Lipinski definition) is 2. The Balaban J connectivity index is 1.82. The van der Waals surface area contributed by atoms with Gasteiger partial charge in [0.2, 0.25) is 5.91 Å². The van der Waals surface area contributed by atoms with E-state index in [1.807, 2.05) is 17.9 Å². The number of carbonyl (C=O) groups is 1. The van der Waals surface area contributed by atoms with E-state index in [2.05, 4.69) is 54.0 Å². The molecule has 3 aromatic rings. The van der Waals surface area contributed by atoms with Crippen LogP contribution in [-0.2, 0) is 11.3 Å². The molecule has 0 aliphatic carbocycles. The molecule has 1 aliphatic rings. The molecule has 1 fully saturated rings. The van der Waals surface area contributed by atoms with Gasteiger partial charge in [-0.15, -0.1) is 0 Å². The van der Waals surface area contributed by atoms with Crippen molar-refractivity contribution < 1.29 is 4.79 Å². The SMILES string of the molecule is CCC(=O)N1CCC[C@H]1c1nc2ccccc2n1Cc1ccccc1C. The van der Waals surface area contributed by atoms with Crippen molar-refractivity contribution in [2.45, 2.75) is 45.7 Å². The van der Waals surface area contributed by atoms with Crippen LogP contribution in [0.4, 0.5) is 0 Å². The monoisotopic (exact) mass is 347 g/mol. The van der Waals surface area contributed by atoms with Crippen molar-refractivity contribution >= 4 is 16.9 Å². The van der Waals surface area contributed by atoms with Crippen LogP contribution in [0.3, 0.4) is 0 Å². The highest BCUT2D eigenvalue weighted by atomic mass is 16.2. The van der Waals surface area contributed by atoms with Crippen LogP contribution >= 0.6 is 0 Å². The van der Waals surface area contributed by atoms with E-state index in [0.717, 1.165) is 42.8 Å². The van der Waals surface area contributed by atoms with Gasteiger partial charge in [-0.3, -0.25) is 4.79 Å². The van der Waals surface area contributed by atoms with Crippen molar-refractivity contribution in [2.75, 3.05) is 6.54 Å². The number of benzene rings is 2. The maximum atomic E-state index is 12.4. The van der Waals surface area contributed by atoms with E-state index in [1.165, 1.54) is 11.1 Å². The lowest BCUT2D eigenvalue weighted by Crippen LogP contribution is -2.31. The normalized spacial score (nSPS) is 17.2. The van der Waals surface area contributed by atoms with E-state index in [-0.39, 0.29) is 11.9 Å². The topological polar surface area (TPSA) is 38.1 Å². The van der Waals surface area contributed by atoms with Crippen LogP contribution in [0.15, 0.2) is 48.5 Å². The molecule has 134 valence electrons. The van der Waals surface area contributed by atoms with Gasteiger partial charge in [0.15, 0.2) is 0 Å². The number of likely N-dealkylation sites (tertiary alicyclic amines) is 1. The van der Waals surface area contributed by atoms with Gasteiger partial charge in [-0.05, 0) is 43.0 Å². The molecule has 0 spiro atoms. The van der Waals surface area contributed by atoms with Crippen molar-refractivity contribution in [2.24, 2.45) is 0 Å². The second kappa shape index (κ2) is 6.94. The third kappa shape index (κ3) is 2.90. The third-order valence-corrected chi connectivity index (χ3v) is 5.45. The maximum absolute atomic E-state index is 12.4. The van der Waals surface area contributed by atoms with E-state index in [0.29, 0.717) is 6.42 Å². The zero-order chi connectivity index (χ0) is 18.1. The average molecular weight is 347 g/mol. The van der Waals surface area contributed by atoms with Gasteiger partial charge in [0.25, 0.3) is 0 Å². The lowest BCUT2D eigenvalue weighted by molar-refractivity contribution is -0.131. The van der Waals surface area contributed by atoms with Gasteiger partial charge < -0.3 is 9.47 Å². The van der Waals surface area contributed by atoms with Gasteiger partial charge in [-0.2, -0.15) is 0 Å². The minimum atomic E-state index is 0.0823. The molecule has 26 heavy (non-hydrogen) atoms. The number of aryl methyl sites for hydroxylation is 1. The summed E-state index contributed by atoms with van der Waals surface area (Å²) < 4.78 is 2.31. The summed E-state index contributed by atoms with van der Waals surface area (Å²) in [6.07, 6.45) is 2.58. The Bertz CT molecular complexity index is 943. The number of nitrogens with zero attached hydrogens (tertiary/aromatic N) is 3. The van der Waals surface area contributed by atoms with E-state index in [1.54, 1.807) is 0 Å². The van der Waals surface area contributed by atoms with Crippen LogP contribution in [0.25, 0.3) is 11.0 Å². The van der Waals surface area contributed by atoms with Crippen LogP contribution in [0.5, 0.6) is 0 Å². The summed E-state index contributed by atoms with van der Waals surface area (Å²) in [5, 5.41) is 0. The number of carbonyl (C=O) groups excluding carboxylic acids is 1. The standard InChI is InChI=1S/C22H25N3O/c1-3-21(26)24-14-8-13-20(24)22-23-18-11-6-7-12-19(18)25(22)15-17-10-5-4-9-16(17)2/h4-7,9-12,20H,3,8,13-15H2,1-2H3/t20-/m0/s1. The van der Waals surface area contributed by atoms with Crippen molar-refractivity contribution in [3.8, 4) is 0 Å². The quantitative estimate of drug-likeness (QED) is 0.698. The molecular weight excluding hydrogens is 322 g/mol. The summed E-state index contributed by atoms with van der Waals surface area (Å²) in [5.41, 5.74) is 4.72. The molecule has 4 heteroatoms. The summed E-state index contributed by atoms with van der Waals surface area (Å²) in [7, 11) is 0. The number of amides is 1. The van der Waals surface area contributed by atoms with Gasteiger partial charge in [0.05, 0.1) is 17.1 Å². The first kappa shape index (κ1) is 16.8. The highest BCUT2D eigenvalue weighted by Gasteiger charge is 2.33. The zero-order valence-corrected chi connectivity index (χ0v) is 15.5. The predicted octanol–water partition coefficient (Wildman–Crippen LogP) is 4.47. The molecule has 2 aromatic carbocycles. The highest BCUT2D eigenvalue weighted by molar-refractivity contribution is 5.78. The molecule has 0 N–H and O–H groups in total. The Kier molecular flexibility index (Phi) is 4.49. The van der Waals surface area contributed by atoms with E-state index < -0.39 is 0 Å². The molecule has 2 heterocycles. The zero-order valence-electron chi connectivity index (χ0n) is 15.5. The molecule has 1 amide bonds. The van der Waals surface area contributed by atoms with Crippen LogP contribution < -0.4 is 0 Å². The summed E-state index contributed by atoms with van der Waals surface area (Å²) >= 11 is 0. The lowest BCUT2D eigenvalue weighted by Gasteiger charge is -2.25. The average Bonchev–Trinajstić information content (AvgIpc) is 3.28. The molecule has 4 rings (SSSR count). The number of para-hydroxylation sites is 2. The summed E-state index contributed by atoms with van der Waals surface area (Å²) in [6.45, 7) is 5.71. The number of fused-ring (bicyclic) bond motifs is 1. The fourth-order valence-electron chi connectivity index (χ4n) is 4.01. The van der Waals surface area contributed by atoms with Gasteiger partial charge in [-0.1, -0.05) is 43.3 Å². The second-order valence-electron chi connectivity index (χ2n) is 7.07. The van der Waals surface area contributed by atoms with Crippen LogP contribution in [0.2, 0.25) is 0 Å². The first-order valence-corrected chi connectivity index (χ1v) is 9.48. The molecule has 0 radical (unpaired) electrons. The molecular formula is C22H25N3O. The van der Waals surface area contributed by atoms with Gasteiger partial charge in [-0.25, -0.2) is 4.98 Å². The second-order valence-corrected chi connectivity index (χ2v) is 7.07. The fourth-order valence-corrected chi connectivity index (χ4v) is 4.01. The lowest BCUT2D eigenvalue weighted by atomic mass is 10.1. The van der Waals surface area contributed by atoms with Crippen molar-refractivity contribution in [3.63, 3.8) is 0 Å². The number of imidazole rings is 1. The Morgan fingerprint density at radius 3 is 2.73 bits per heavy atom. The molecule has 0 bridgehead atoms. The molecule has 1 aromatic heterocycles. The van der Waals surface area contributed by atoms with Crippen LogP contribution in [0, 0.1) is 6.92 Å². The summed E-state index contributed by atoms with van der Waals surface area (Å²) in [6, 6.07) is 16.9. The Hall–Kier alpha value is -2.62. The van der Waals surface area contributed by atoms with E-state index in [4.69, 9.17) is 4.98 Å². The van der Waals surface area contributed by atoms with Crippen LogP contribution in [0.1, 0.15) is 49.2 Å². The number of hydrogen-bond donors (Lipinski definition) is 0. The molecule has 4 nitrogen and oxygen atoms in total. The van der Waals surface area contributed by atoms with Crippen molar-refractivity contribution in [3.05, 3.63) is 65.5 Å². The Labute approximate surface area is 154 Å². The van der Waals surface area contributed by atoms with Gasteiger partial charge >= 0.3 is 0 Å². The molecule has 1 atom stereocenters. The molecule has 1 saturated heterocycles. The summed E-state index contributed by atoms with van der Waals surface area (Å²) in [4.78, 5) is 19.4. The Morgan fingerprint density at radius 2 is 1.92 bits per heavy atom. The molecule has 0 saturated carbocycles. The number of rotatable bonds is 4. The van der Waals surface area contributed by atoms with Crippen molar-refractivity contribution in [1.29, 1.82) is 0 Å². The van der Waals surface area contributed by atoms with Gasteiger partial charge in [0, 0.05) is 19.5 Å². The predicted molar refractivity (Wildman–Crippen MR) is 104 cm³/mol. The minimum Gasteiger partial charge on any atom is -0.333 e. The smallest absolute Gasteiger partial charge is 0.222 e. The largest absolute Gasteiger partial charge is 0.333 e. The van der Waals surface area contributed by atoms with Gasteiger partial charge in [0.1, 0.15) is 5.82 Å². The Morgan fingerprint density at radius 1 is 1.15 bits per heavy atom. The molecule has 0 unspecified atom stereocenters. The number of aromatic nitrogens is 2. The maximum Gasteiger partial charge on any atom is 0.222 e.